The second-order valence-corrected chi connectivity index (χ2v) is 9.11. The summed E-state index contributed by atoms with van der Waals surface area (Å²) in [6.07, 6.45) is 0. The Bertz CT molecular complexity index is 993. The van der Waals surface area contributed by atoms with Gasteiger partial charge in [0, 0.05) is 11.1 Å². The van der Waals surface area contributed by atoms with E-state index in [0.717, 1.165) is 0 Å². The number of ether oxygens (including phenoxy) is 2. The molecule has 1 aliphatic heterocycles. The van der Waals surface area contributed by atoms with Gasteiger partial charge in [0.25, 0.3) is 0 Å². The van der Waals surface area contributed by atoms with Crippen LogP contribution in [0.5, 0.6) is 0 Å². The lowest BCUT2D eigenvalue weighted by atomic mass is 9.93. The third kappa shape index (κ3) is 4.01. The second kappa shape index (κ2) is 8.52. The van der Waals surface area contributed by atoms with Crippen molar-refractivity contribution in [3.63, 3.8) is 0 Å². The monoisotopic (exact) mass is 437 g/mol. The summed E-state index contributed by atoms with van der Waals surface area (Å²) in [4.78, 5) is 25.2. The van der Waals surface area contributed by atoms with Gasteiger partial charge in [0.2, 0.25) is 0 Å². The summed E-state index contributed by atoms with van der Waals surface area (Å²) in [5, 5.41) is 2.04. The first-order valence-corrected chi connectivity index (χ1v) is 10.7. The lowest BCUT2D eigenvalue weighted by Crippen LogP contribution is -2.45. The molecule has 4 atom stereocenters. The summed E-state index contributed by atoms with van der Waals surface area (Å²) in [6, 6.07) is 12.2. The molecule has 2 aromatic rings. The number of benzene rings is 2. The average Bonchev–Trinajstić information content (AvgIpc) is 3.15. The van der Waals surface area contributed by atoms with Gasteiger partial charge >= 0.3 is 11.9 Å². The van der Waals surface area contributed by atoms with E-state index in [1.54, 1.807) is 42.5 Å². The van der Waals surface area contributed by atoms with Crippen LogP contribution in [-0.2, 0) is 28.9 Å². The fourth-order valence-electron chi connectivity index (χ4n) is 3.64. The largest absolute Gasteiger partial charge is 0.469 e. The molecule has 29 heavy (non-hydrogen) atoms. The van der Waals surface area contributed by atoms with Crippen molar-refractivity contribution >= 4 is 33.4 Å². The molecule has 154 valence electrons. The molecule has 0 bridgehead atoms. The smallest absolute Gasteiger partial charge is 0.324 e. The van der Waals surface area contributed by atoms with Crippen LogP contribution in [0.15, 0.2) is 59.5 Å². The maximum absolute atomic E-state index is 13.5. The fraction of sp³-hybridized carbons (Fsp3) is 0.300. The van der Waals surface area contributed by atoms with Gasteiger partial charge in [0.1, 0.15) is 11.3 Å². The zero-order valence-electron chi connectivity index (χ0n) is 15.7. The molecule has 1 fully saturated rings. The zero-order valence-corrected chi connectivity index (χ0v) is 17.3. The Balaban J connectivity index is 2.16. The van der Waals surface area contributed by atoms with Gasteiger partial charge in [-0.25, -0.2) is 8.42 Å². The zero-order chi connectivity index (χ0) is 21.2. The second-order valence-electron chi connectivity index (χ2n) is 6.57. The molecular formula is C20H20ClNO6S. The van der Waals surface area contributed by atoms with Gasteiger partial charge in [-0.2, -0.15) is 0 Å². The number of carbonyl (C=O) groups is 2. The van der Waals surface area contributed by atoms with Crippen molar-refractivity contribution < 1.29 is 27.5 Å². The van der Waals surface area contributed by atoms with E-state index in [1.807, 2.05) is 0 Å². The Labute approximate surface area is 173 Å². The molecule has 0 radical (unpaired) electrons. The van der Waals surface area contributed by atoms with E-state index in [9.17, 15) is 18.0 Å². The Hall–Kier alpha value is -2.42. The lowest BCUT2D eigenvalue weighted by molar-refractivity contribution is -0.145. The van der Waals surface area contributed by atoms with Crippen molar-refractivity contribution in [3.05, 3.63) is 65.2 Å². The SMILES string of the molecule is COC(=O)[C@H]1[C@@H](S(=O)(=O)c2ccccc2)[C@@H](C(=O)OC)N[C@H]1c1ccc(Cl)cc1. The predicted molar refractivity (Wildman–Crippen MR) is 106 cm³/mol. The molecule has 7 nitrogen and oxygen atoms in total. The van der Waals surface area contributed by atoms with E-state index < -0.39 is 45.0 Å². The van der Waals surface area contributed by atoms with Gasteiger partial charge in [0.05, 0.1) is 25.0 Å². The standard InChI is InChI=1S/C20H20ClNO6S/c1-27-19(23)15-16(12-8-10-13(21)11-9-12)22-17(20(24)28-2)18(15)29(25,26)14-6-4-3-5-7-14/h3-11,15-18,22H,1-2H3/t15-,16+,17+,18-/m1/s1. The van der Waals surface area contributed by atoms with E-state index in [-0.39, 0.29) is 4.90 Å². The third-order valence-electron chi connectivity index (χ3n) is 4.99. The summed E-state index contributed by atoms with van der Waals surface area (Å²) >= 11 is 5.95. The topological polar surface area (TPSA) is 98.8 Å². The molecule has 0 saturated carbocycles. The van der Waals surface area contributed by atoms with Crippen molar-refractivity contribution in [2.75, 3.05) is 14.2 Å². The van der Waals surface area contributed by atoms with Crippen LogP contribution >= 0.6 is 11.6 Å². The predicted octanol–water partition coefficient (Wildman–Crippen LogP) is 2.16. The first-order chi connectivity index (χ1) is 13.8. The minimum Gasteiger partial charge on any atom is -0.469 e. The van der Waals surface area contributed by atoms with Crippen molar-refractivity contribution in [2.24, 2.45) is 5.92 Å². The minimum absolute atomic E-state index is 0.00589. The van der Waals surface area contributed by atoms with Gasteiger partial charge in [-0.05, 0) is 29.8 Å². The van der Waals surface area contributed by atoms with Crippen LogP contribution < -0.4 is 5.32 Å². The molecule has 1 heterocycles. The summed E-state index contributed by atoms with van der Waals surface area (Å²) < 4.78 is 36.6. The molecule has 1 saturated heterocycles. The van der Waals surface area contributed by atoms with Crippen molar-refractivity contribution in [3.8, 4) is 0 Å². The summed E-state index contributed by atoms with van der Waals surface area (Å²) in [5.41, 5.74) is 0.601. The Morgan fingerprint density at radius 3 is 2.07 bits per heavy atom. The van der Waals surface area contributed by atoms with Gasteiger partial charge in [-0.1, -0.05) is 41.9 Å². The van der Waals surface area contributed by atoms with E-state index >= 15 is 0 Å². The third-order valence-corrected chi connectivity index (χ3v) is 7.45. The number of methoxy groups -OCH3 is 2. The van der Waals surface area contributed by atoms with Gasteiger partial charge in [0.15, 0.2) is 9.84 Å². The maximum atomic E-state index is 13.5. The number of hydrogen-bond donors (Lipinski definition) is 1. The Morgan fingerprint density at radius 1 is 0.931 bits per heavy atom. The van der Waals surface area contributed by atoms with Crippen molar-refractivity contribution in [1.82, 2.24) is 5.32 Å². The van der Waals surface area contributed by atoms with E-state index in [2.05, 4.69) is 5.32 Å². The van der Waals surface area contributed by atoms with E-state index in [1.165, 1.54) is 26.4 Å². The number of halogens is 1. The number of nitrogens with one attached hydrogen (secondary N) is 1. The molecule has 0 aromatic heterocycles. The van der Waals surface area contributed by atoms with Gasteiger partial charge < -0.3 is 9.47 Å². The quantitative estimate of drug-likeness (QED) is 0.715. The lowest BCUT2D eigenvalue weighted by Gasteiger charge is -2.23. The summed E-state index contributed by atoms with van der Waals surface area (Å²) in [5.74, 6) is -2.69. The maximum Gasteiger partial charge on any atom is 0.324 e. The number of rotatable bonds is 5. The highest BCUT2D eigenvalue weighted by Gasteiger charge is 2.57. The van der Waals surface area contributed by atoms with Crippen molar-refractivity contribution in [2.45, 2.75) is 22.2 Å². The number of sulfone groups is 1. The molecule has 1 aliphatic rings. The van der Waals surface area contributed by atoms with Crippen LogP contribution in [-0.4, -0.2) is 45.9 Å². The van der Waals surface area contributed by atoms with Gasteiger partial charge in [-0.3, -0.25) is 14.9 Å². The van der Waals surface area contributed by atoms with Crippen LogP contribution in [0.1, 0.15) is 11.6 Å². The minimum atomic E-state index is -4.09. The number of hydrogen-bond acceptors (Lipinski definition) is 7. The highest BCUT2D eigenvalue weighted by atomic mass is 35.5. The molecule has 3 rings (SSSR count). The van der Waals surface area contributed by atoms with Gasteiger partial charge in [-0.15, -0.1) is 0 Å². The molecule has 2 aromatic carbocycles. The first kappa shape index (κ1) is 21.3. The van der Waals surface area contributed by atoms with Crippen LogP contribution in [0.4, 0.5) is 0 Å². The Morgan fingerprint density at radius 2 is 1.52 bits per heavy atom. The number of esters is 2. The van der Waals surface area contributed by atoms with Crippen LogP contribution in [0.25, 0.3) is 0 Å². The Kier molecular flexibility index (Phi) is 6.26. The molecule has 0 amide bonds. The summed E-state index contributed by atoms with van der Waals surface area (Å²) in [7, 11) is -1.74. The molecule has 0 spiro atoms. The average molecular weight is 438 g/mol. The first-order valence-electron chi connectivity index (χ1n) is 8.77. The highest BCUT2D eigenvalue weighted by molar-refractivity contribution is 7.92. The van der Waals surface area contributed by atoms with Crippen LogP contribution in [0.3, 0.4) is 0 Å². The highest BCUT2D eigenvalue weighted by Crippen LogP contribution is 2.40. The number of carbonyl (C=O) groups excluding carboxylic acids is 2. The fourth-order valence-corrected chi connectivity index (χ4v) is 5.82. The van der Waals surface area contributed by atoms with E-state index in [0.29, 0.717) is 10.6 Å². The summed E-state index contributed by atoms with van der Waals surface area (Å²) in [6.45, 7) is 0. The molecule has 0 aliphatic carbocycles. The molecule has 9 heteroatoms. The van der Waals surface area contributed by atoms with Crippen LogP contribution in [0.2, 0.25) is 5.02 Å². The van der Waals surface area contributed by atoms with E-state index in [4.69, 9.17) is 21.1 Å². The normalized spacial score (nSPS) is 24.1. The molecule has 0 unspecified atom stereocenters. The molecular weight excluding hydrogens is 418 g/mol. The van der Waals surface area contributed by atoms with Crippen LogP contribution in [0, 0.1) is 5.92 Å². The molecule has 1 N–H and O–H groups in total. The van der Waals surface area contributed by atoms with Crippen molar-refractivity contribution in [1.29, 1.82) is 0 Å².